The number of hydrogen-bond donors (Lipinski definition) is 1. The van der Waals surface area contributed by atoms with Crippen molar-refractivity contribution in [1.29, 1.82) is 0 Å². The summed E-state index contributed by atoms with van der Waals surface area (Å²) >= 11 is 1.17. The van der Waals surface area contributed by atoms with E-state index in [1.165, 1.54) is 23.5 Å². The molecule has 4 rings (SSSR count). The fourth-order valence-electron chi connectivity index (χ4n) is 3.39. The van der Waals surface area contributed by atoms with E-state index in [9.17, 15) is 13.2 Å². The zero-order chi connectivity index (χ0) is 19.7. The third kappa shape index (κ3) is 3.65. The first kappa shape index (κ1) is 18.6. The van der Waals surface area contributed by atoms with Crippen LogP contribution < -0.4 is 9.62 Å². The lowest BCUT2D eigenvalue weighted by atomic mass is 10.1. The van der Waals surface area contributed by atoms with E-state index in [4.69, 9.17) is 0 Å². The molecular weight excluding hydrogens is 394 g/mol. The van der Waals surface area contributed by atoms with E-state index in [0.29, 0.717) is 5.69 Å². The van der Waals surface area contributed by atoms with Crippen LogP contribution in [0.25, 0.3) is 0 Å². The van der Waals surface area contributed by atoms with Crippen LogP contribution in [0.1, 0.15) is 18.2 Å². The standard InChI is InChI=1S/C20H19N3O3S2/c1-14-11-15-7-5-6-10-18(15)23(14)19(24)12-16-13-27-20(21-16)22-28(25,26)17-8-3-2-4-9-17/h2-10,13-14H,11-12H2,1H3,(H,21,22). The maximum atomic E-state index is 12.9. The fraction of sp³-hybridized carbons (Fsp3) is 0.200. The molecule has 0 spiro atoms. The molecule has 1 atom stereocenters. The Morgan fingerprint density at radius 3 is 2.68 bits per heavy atom. The number of carbonyl (C=O) groups excluding carboxylic acids is 1. The summed E-state index contributed by atoms with van der Waals surface area (Å²) in [4.78, 5) is 19.1. The van der Waals surface area contributed by atoms with Crippen molar-refractivity contribution in [1.82, 2.24) is 4.98 Å². The molecule has 0 aliphatic carbocycles. The number of fused-ring (bicyclic) bond motifs is 1. The topological polar surface area (TPSA) is 79.4 Å². The Morgan fingerprint density at radius 2 is 1.89 bits per heavy atom. The monoisotopic (exact) mass is 413 g/mol. The summed E-state index contributed by atoms with van der Waals surface area (Å²) in [5.41, 5.74) is 2.66. The third-order valence-electron chi connectivity index (χ3n) is 4.64. The van der Waals surface area contributed by atoms with Gasteiger partial charge in [-0.1, -0.05) is 36.4 Å². The molecule has 1 aliphatic heterocycles. The maximum absolute atomic E-state index is 12.9. The third-order valence-corrected chi connectivity index (χ3v) is 6.93. The van der Waals surface area contributed by atoms with Gasteiger partial charge in [0.15, 0.2) is 5.13 Å². The number of thiazole rings is 1. The number of rotatable bonds is 5. The summed E-state index contributed by atoms with van der Waals surface area (Å²) in [6.07, 6.45) is 0.962. The second-order valence-corrected chi connectivity index (χ2v) is 9.23. The molecule has 0 saturated carbocycles. The van der Waals surface area contributed by atoms with Gasteiger partial charge in [0.2, 0.25) is 5.91 Å². The minimum absolute atomic E-state index is 0.0415. The Labute approximate surface area is 167 Å². The molecule has 28 heavy (non-hydrogen) atoms. The summed E-state index contributed by atoms with van der Waals surface area (Å²) in [6.45, 7) is 2.03. The minimum atomic E-state index is -3.69. The van der Waals surface area contributed by atoms with Gasteiger partial charge in [-0.25, -0.2) is 13.4 Å². The molecule has 0 bridgehead atoms. The molecule has 1 amide bonds. The van der Waals surface area contributed by atoms with Crippen LogP contribution >= 0.6 is 11.3 Å². The average molecular weight is 414 g/mol. The summed E-state index contributed by atoms with van der Waals surface area (Å²) in [5, 5.41) is 1.97. The summed E-state index contributed by atoms with van der Waals surface area (Å²) < 4.78 is 27.3. The van der Waals surface area contributed by atoms with Crippen LogP contribution in [0.5, 0.6) is 0 Å². The number of anilines is 2. The van der Waals surface area contributed by atoms with E-state index in [1.807, 2.05) is 36.1 Å². The van der Waals surface area contributed by atoms with Crippen molar-refractivity contribution in [3.05, 3.63) is 71.2 Å². The van der Waals surface area contributed by atoms with Crippen molar-refractivity contribution in [2.24, 2.45) is 0 Å². The Hall–Kier alpha value is -2.71. The first-order valence-corrected chi connectivity index (χ1v) is 11.2. The zero-order valence-electron chi connectivity index (χ0n) is 15.2. The highest BCUT2D eigenvalue weighted by molar-refractivity contribution is 7.93. The highest BCUT2D eigenvalue weighted by Gasteiger charge is 2.30. The molecule has 0 fully saturated rings. The van der Waals surface area contributed by atoms with Crippen LogP contribution in [-0.2, 0) is 27.7 Å². The van der Waals surface area contributed by atoms with Crippen molar-refractivity contribution in [3.8, 4) is 0 Å². The van der Waals surface area contributed by atoms with E-state index in [0.717, 1.165) is 17.7 Å². The van der Waals surface area contributed by atoms with Gasteiger partial charge in [-0.05, 0) is 37.1 Å². The fourth-order valence-corrected chi connectivity index (χ4v) is 5.38. The number of aromatic nitrogens is 1. The van der Waals surface area contributed by atoms with E-state index in [1.54, 1.807) is 23.6 Å². The summed E-state index contributed by atoms with van der Waals surface area (Å²) in [7, 11) is -3.69. The lowest BCUT2D eigenvalue weighted by Crippen LogP contribution is -2.36. The van der Waals surface area contributed by atoms with E-state index >= 15 is 0 Å². The van der Waals surface area contributed by atoms with E-state index < -0.39 is 10.0 Å². The van der Waals surface area contributed by atoms with Gasteiger partial charge in [0.05, 0.1) is 17.0 Å². The van der Waals surface area contributed by atoms with Crippen molar-refractivity contribution >= 4 is 38.1 Å². The first-order valence-electron chi connectivity index (χ1n) is 8.86. The Kier molecular flexibility index (Phi) is 4.91. The van der Waals surface area contributed by atoms with Crippen LogP contribution in [0.15, 0.2) is 64.9 Å². The van der Waals surface area contributed by atoms with Gasteiger partial charge in [0.25, 0.3) is 10.0 Å². The number of benzene rings is 2. The van der Waals surface area contributed by atoms with E-state index in [-0.39, 0.29) is 28.4 Å². The Balaban J connectivity index is 1.48. The number of nitrogens with one attached hydrogen (secondary N) is 1. The molecule has 3 aromatic rings. The minimum Gasteiger partial charge on any atom is -0.309 e. The van der Waals surface area contributed by atoms with Crippen LogP contribution in [0.4, 0.5) is 10.8 Å². The van der Waals surface area contributed by atoms with Crippen LogP contribution in [0, 0.1) is 0 Å². The number of amides is 1. The van der Waals surface area contributed by atoms with Gasteiger partial charge in [-0.2, -0.15) is 0 Å². The largest absolute Gasteiger partial charge is 0.309 e. The Bertz CT molecular complexity index is 1110. The van der Waals surface area contributed by atoms with Crippen LogP contribution in [-0.4, -0.2) is 25.4 Å². The smallest absolute Gasteiger partial charge is 0.263 e. The van der Waals surface area contributed by atoms with Crippen LogP contribution in [0.3, 0.4) is 0 Å². The molecule has 8 heteroatoms. The lowest BCUT2D eigenvalue weighted by molar-refractivity contribution is -0.118. The van der Waals surface area contributed by atoms with Crippen molar-refractivity contribution < 1.29 is 13.2 Å². The van der Waals surface area contributed by atoms with Gasteiger partial charge < -0.3 is 4.90 Å². The molecule has 6 nitrogen and oxygen atoms in total. The van der Waals surface area contributed by atoms with Gasteiger partial charge in [-0.15, -0.1) is 11.3 Å². The molecule has 1 unspecified atom stereocenters. The molecule has 1 aliphatic rings. The van der Waals surface area contributed by atoms with Crippen molar-refractivity contribution in [3.63, 3.8) is 0 Å². The molecule has 2 aromatic carbocycles. The van der Waals surface area contributed by atoms with Crippen molar-refractivity contribution in [2.75, 3.05) is 9.62 Å². The summed E-state index contributed by atoms with van der Waals surface area (Å²) in [6, 6.07) is 16.1. The van der Waals surface area contributed by atoms with Gasteiger partial charge >= 0.3 is 0 Å². The predicted molar refractivity (Wildman–Crippen MR) is 110 cm³/mol. The predicted octanol–water partition coefficient (Wildman–Crippen LogP) is 3.46. The quantitative estimate of drug-likeness (QED) is 0.695. The maximum Gasteiger partial charge on any atom is 0.263 e. The average Bonchev–Trinajstić information content (AvgIpc) is 3.24. The molecular formula is C20H19N3O3S2. The van der Waals surface area contributed by atoms with Crippen LogP contribution in [0.2, 0.25) is 0 Å². The first-order chi connectivity index (χ1) is 13.4. The molecule has 144 valence electrons. The molecule has 1 N–H and O–H groups in total. The molecule has 0 saturated heterocycles. The number of sulfonamides is 1. The highest BCUT2D eigenvalue weighted by atomic mass is 32.2. The number of nitrogens with zero attached hydrogens (tertiary/aromatic N) is 2. The number of para-hydroxylation sites is 1. The molecule has 2 heterocycles. The zero-order valence-corrected chi connectivity index (χ0v) is 16.8. The molecule has 0 radical (unpaired) electrons. The second kappa shape index (κ2) is 7.37. The highest BCUT2D eigenvalue weighted by Crippen LogP contribution is 2.32. The normalized spacial score (nSPS) is 16.0. The van der Waals surface area contributed by atoms with Gasteiger partial charge in [-0.3, -0.25) is 9.52 Å². The van der Waals surface area contributed by atoms with Crippen molar-refractivity contribution in [2.45, 2.75) is 30.7 Å². The number of hydrogen-bond acceptors (Lipinski definition) is 5. The second-order valence-electron chi connectivity index (χ2n) is 6.68. The van der Waals surface area contributed by atoms with E-state index in [2.05, 4.69) is 9.71 Å². The van der Waals surface area contributed by atoms with Gasteiger partial charge in [0.1, 0.15) is 0 Å². The Morgan fingerprint density at radius 1 is 1.18 bits per heavy atom. The lowest BCUT2D eigenvalue weighted by Gasteiger charge is -2.22. The number of carbonyl (C=O) groups is 1. The molecule has 1 aromatic heterocycles. The van der Waals surface area contributed by atoms with Gasteiger partial charge in [0, 0.05) is 17.1 Å². The summed E-state index contributed by atoms with van der Waals surface area (Å²) in [5.74, 6) is -0.0415. The SMILES string of the molecule is CC1Cc2ccccc2N1C(=O)Cc1csc(NS(=O)(=O)c2ccccc2)n1.